The number of halogens is 2. The maximum atomic E-state index is 13.2. The Bertz CT molecular complexity index is 570. The summed E-state index contributed by atoms with van der Waals surface area (Å²) in [4.78, 5) is 0. The van der Waals surface area contributed by atoms with E-state index in [2.05, 4.69) is 0 Å². The Labute approximate surface area is 110 Å². The van der Waals surface area contributed by atoms with Crippen LogP contribution in [0.3, 0.4) is 0 Å². The summed E-state index contributed by atoms with van der Waals surface area (Å²) in [5, 5.41) is 9.72. The van der Waals surface area contributed by atoms with E-state index < -0.39 is 0 Å². The molecular formula is C14H12ClFO2. The van der Waals surface area contributed by atoms with E-state index in [4.69, 9.17) is 16.3 Å². The average Bonchev–Trinajstić information content (AvgIpc) is 2.40. The fourth-order valence-corrected chi connectivity index (χ4v) is 2.02. The molecular weight excluding hydrogens is 255 g/mol. The smallest absolute Gasteiger partial charge is 0.124 e. The molecule has 4 heteroatoms. The molecule has 2 aromatic carbocycles. The number of hydrogen-bond donors (Lipinski definition) is 1. The molecule has 0 aliphatic heterocycles. The van der Waals surface area contributed by atoms with Gasteiger partial charge >= 0.3 is 0 Å². The highest BCUT2D eigenvalue weighted by molar-refractivity contribution is 6.33. The van der Waals surface area contributed by atoms with Crippen LogP contribution >= 0.6 is 11.6 Å². The maximum Gasteiger partial charge on any atom is 0.124 e. The average molecular weight is 267 g/mol. The Hall–Kier alpha value is -1.58. The highest BCUT2D eigenvalue weighted by Gasteiger charge is 2.08. The monoisotopic (exact) mass is 266 g/mol. The van der Waals surface area contributed by atoms with Gasteiger partial charge in [-0.05, 0) is 35.9 Å². The molecule has 0 atom stereocenters. The predicted octanol–water partition coefficient (Wildman–Crippen LogP) is 3.65. The molecule has 0 aromatic heterocycles. The summed E-state index contributed by atoms with van der Waals surface area (Å²) in [5.74, 6) is 0.240. The van der Waals surface area contributed by atoms with Gasteiger partial charge in [0.1, 0.15) is 11.6 Å². The van der Waals surface area contributed by atoms with E-state index in [1.165, 1.54) is 25.3 Å². The molecule has 0 aliphatic carbocycles. The number of methoxy groups -OCH3 is 1. The summed E-state index contributed by atoms with van der Waals surface area (Å²) in [6.07, 6.45) is 0. The topological polar surface area (TPSA) is 29.5 Å². The molecule has 0 unspecified atom stereocenters. The van der Waals surface area contributed by atoms with Gasteiger partial charge < -0.3 is 9.84 Å². The van der Waals surface area contributed by atoms with Crippen molar-refractivity contribution in [2.75, 3.05) is 7.11 Å². The zero-order valence-corrected chi connectivity index (χ0v) is 10.5. The molecule has 0 bridgehead atoms. The summed E-state index contributed by atoms with van der Waals surface area (Å²) in [7, 11) is 1.53. The van der Waals surface area contributed by atoms with Crippen molar-refractivity contribution in [1.29, 1.82) is 0 Å². The summed E-state index contributed by atoms with van der Waals surface area (Å²) < 4.78 is 18.3. The molecule has 0 aliphatic rings. The van der Waals surface area contributed by atoms with Gasteiger partial charge in [-0.2, -0.15) is 0 Å². The fraction of sp³-hybridized carbons (Fsp3) is 0.143. The third kappa shape index (κ3) is 2.47. The van der Waals surface area contributed by atoms with Crippen molar-refractivity contribution in [3.8, 4) is 16.9 Å². The van der Waals surface area contributed by atoms with Crippen LogP contribution in [0.5, 0.6) is 5.75 Å². The molecule has 0 heterocycles. The third-order valence-electron chi connectivity index (χ3n) is 2.69. The molecule has 0 spiro atoms. The van der Waals surface area contributed by atoms with Crippen LogP contribution in [0.2, 0.25) is 5.02 Å². The minimum Gasteiger partial charge on any atom is -0.496 e. The highest BCUT2D eigenvalue weighted by atomic mass is 35.5. The van der Waals surface area contributed by atoms with Crippen molar-refractivity contribution >= 4 is 11.6 Å². The van der Waals surface area contributed by atoms with E-state index >= 15 is 0 Å². The van der Waals surface area contributed by atoms with E-state index in [1.54, 1.807) is 18.2 Å². The van der Waals surface area contributed by atoms with E-state index in [1.807, 2.05) is 0 Å². The van der Waals surface area contributed by atoms with E-state index in [0.717, 1.165) is 5.56 Å². The van der Waals surface area contributed by atoms with Gasteiger partial charge in [0.2, 0.25) is 0 Å². The van der Waals surface area contributed by atoms with Crippen LogP contribution in [0.25, 0.3) is 11.1 Å². The van der Waals surface area contributed by atoms with Crippen LogP contribution in [0.1, 0.15) is 5.56 Å². The zero-order valence-electron chi connectivity index (χ0n) is 9.78. The minimum atomic E-state index is -0.351. The van der Waals surface area contributed by atoms with Crippen molar-refractivity contribution in [2.24, 2.45) is 0 Å². The molecule has 0 fully saturated rings. The number of aliphatic hydroxyl groups is 1. The Kier molecular flexibility index (Phi) is 3.84. The first-order chi connectivity index (χ1) is 8.65. The molecule has 2 nitrogen and oxygen atoms in total. The maximum absolute atomic E-state index is 13.2. The zero-order chi connectivity index (χ0) is 13.1. The number of rotatable bonds is 3. The summed E-state index contributed by atoms with van der Waals surface area (Å²) in [6.45, 7) is -0.149. The first-order valence-corrected chi connectivity index (χ1v) is 5.76. The van der Waals surface area contributed by atoms with Crippen LogP contribution in [-0.4, -0.2) is 12.2 Å². The standard InChI is InChI=1S/C14H12ClFO2/c1-18-14-5-2-9(6-10(14)8-17)12-7-11(16)3-4-13(12)15/h2-7,17H,8H2,1H3. The van der Waals surface area contributed by atoms with Crippen LogP contribution in [0.4, 0.5) is 4.39 Å². The second kappa shape index (κ2) is 5.38. The molecule has 0 radical (unpaired) electrons. The second-order valence-electron chi connectivity index (χ2n) is 3.81. The van der Waals surface area contributed by atoms with Gasteiger partial charge in [-0.25, -0.2) is 4.39 Å². The molecule has 0 amide bonds. The predicted molar refractivity (Wildman–Crippen MR) is 69.3 cm³/mol. The van der Waals surface area contributed by atoms with Gasteiger partial charge in [-0.1, -0.05) is 17.7 Å². The van der Waals surface area contributed by atoms with Gasteiger partial charge in [0.25, 0.3) is 0 Å². The van der Waals surface area contributed by atoms with Crippen molar-refractivity contribution in [3.63, 3.8) is 0 Å². The molecule has 1 N–H and O–H groups in total. The molecule has 0 saturated heterocycles. The molecule has 18 heavy (non-hydrogen) atoms. The highest BCUT2D eigenvalue weighted by Crippen LogP contribution is 2.31. The number of aliphatic hydroxyl groups excluding tert-OH is 1. The van der Waals surface area contributed by atoms with Crippen molar-refractivity contribution in [2.45, 2.75) is 6.61 Å². The van der Waals surface area contributed by atoms with Gasteiger partial charge in [-0.15, -0.1) is 0 Å². The van der Waals surface area contributed by atoms with Crippen LogP contribution in [0, 0.1) is 5.82 Å². The SMILES string of the molecule is COc1ccc(-c2cc(F)ccc2Cl)cc1CO. The first kappa shape index (κ1) is 12.9. The Balaban J connectivity index is 2.54. The van der Waals surface area contributed by atoms with Crippen LogP contribution in [0.15, 0.2) is 36.4 Å². The third-order valence-corrected chi connectivity index (χ3v) is 3.02. The van der Waals surface area contributed by atoms with Crippen molar-refractivity contribution in [1.82, 2.24) is 0 Å². The summed E-state index contributed by atoms with van der Waals surface area (Å²) >= 11 is 6.04. The summed E-state index contributed by atoms with van der Waals surface area (Å²) in [5.41, 5.74) is 1.97. The Morgan fingerprint density at radius 1 is 1.22 bits per heavy atom. The van der Waals surface area contributed by atoms with Gasteiger partial charge in [-0.3, -0.25) is 0 Å². The van der Waals surface area contributed by atoms with Gasteiger partial charge in [0.05, 0.1) is 13.7 Å². The normalized spacial score (nSPS) is 10.4. The van der Waals surface area contributed by atoms with E-state index in [9.17, 15) is 9.50 Å². The lowest BCUT2D eigenvalue weighted by molar-refractivity contribution is 0.274. The molecule has 2 aromatic rings. The molecule has 0 saturated carbocycles. The quantitative estimate of drug-likeness (QED) is 0.919. The molecule has 94 valence electrons. The first-order valence-electron chi connectivity index (χ1n) is 5.39. The lowest BCUT2D eigenvalue weighted by atomic mass is 10.0. The Morgan fingerprint density at radius 2 is 2.00 bits per heavy atom. The summed E-state index contributed by atoms with van der Waals surface area (Å²) in [6, 6.07) is 9.42. The van der Waals surface area contributed by atoms with E-state index in [0.29, 0.717) is 21.9 Å². The van der Waals surface area contributed by atoms with Gasteiger partial charge in [0.15, 0.2) is 0 Å². The Morgan fingerprint density at radius 3 is 2.67 bits per heavy atom. The van der Waals surface area contributed by atoms with Crippen molar-refractivity contribution in [3.05, 3.63) is 52.8 Å². The number of hydrogen-bond acceptors (Lipinski definition) is 2. The lowest BCUT2D eigenvalue weighted by Gasteiger charge is -2.10. The molecule has 2 rings (SSSR count). The second-order valence-corrected chi connectivity index (χ2v) is 4.22. The minimum absolute atomic E-state index is 0.149. The largest absolute Gasteiger partial charge is 0.496 e. The van der Waals surface area contributed by atoms with Crippen molar-refractivity contribution < 1.29 is 14.2 Å². The van der Waals surface area contributed by atoms with Gasteiger partial charge in [0, 0.05) is 16.1 Å². The van der Waals surface area contributed by atoms with Crippen LogP contribution in [-0.2, 0) is 6.61 Å². The fourth-order valence-electron chi connectivity index (χ4n) is 1.79. The number of benzene rings is 2. The lowest BCUT2D eigenvalue weighted by Crippen LogP contribution is -1.93. The number of ether oxygens (including phenoxy) is 1. The van der Waals surface area contributed by atoms with E-state index in [-0.39, 0.29) is 12.4 Å². The van der Waals surface area contributed by atoms with Crippen LogP contribution < -0.4 is 4.74 Å².